The van der Waals surface area contributed by atoms with Crippen LogP contribution in [0.1, 0.15) is 44.7 Å². The number of ether oxygens (including phenoxy) is 1. The molecule has 27 heavy (non-hydrogen) atoms. The van der Waals surface area contributed by atoms with Crippen LogP contribution in [0.4, 0.5) is 4.79 Å². The number of amides is 1. The molecule has 2 aromatic carbocycles. The molecule has 1 amide bonds. The van der Waals surface area contributed by atoms with Crippen molar-refractivity contribution < 1.29 is 14.6 Å². The molecule has 144 valence electrons. The van der Waals surface area contributed by atoms with Crippen molar-refractivity contribution in [2.75, 3.05) is 13.1 Å². The number of aryl methyl sites for hydroxylation is 1. The third-order valence-corrected chi connectivity index (χ3v) is 5.11. The number of aliphatic hydroxyl groups is 1. The van der Waals surface area contributed by atoms with Gasteiger partial charge in [0.25, 0.3) is 0 Å². The van der Waals surface area contributed by atoms with E-state index in [-0.39, 0.29) is 6.09 Å². The maximum atomic E-state index is 12.3. The second kappa shape index (κ2) is 7.35. The summed E-state index contributed by atoms with van der Waals surface area (Å²) in [5.41, 5.74) is 2.85. The maximum Gasteiger partial charge on any atom is 0.410 e. The topological polar surface area (TPSA) is 49.8 Å². The molecule has 0 aliphatic carbocycles. The molecule has 1 N–H and O–H groups in total. The molecule has 4 heteroatoms. The van der Waals surface area contributed by atoms with Gasteiger partial charge in [-0.3, -0.25) is 0 Å². The molecule has 0 saturated carbocycles. The quantitative estimate of drug-likeness (QED) is 0.823. The lowest BCUT2D eigenvalue weighted by molar-refractivity contribution is -0.0353. The van der Waals surface area contributed by atoms with Crippen molar-refractivity contribution in [2.45, 2.75) is 51.7 Å². The summed E-state index contributed by atoms with van der Waals surface area (Å²) in [6, 6.07) is 16.3. The van der Waals surface area contributed by atoms with Gasteiger partial charge in [-0.05, 0) is 62.8 Å². The van der Waals surface area contributed by atoms with E-state index in [0.717, 1.165) is 16.7 Å². The fourth-order valence-electron chi connectivity index (χ4n) is 3.65. The smallest absolute Gasteiger partial charge is 0.410 e. The lowest BCUT2D eigenvalue weighted by atomic mass is 9.80. The highest BCUT2D eigenvalue weighted by Gasteiger charge is 2.38. The van der Waals surface area contributed by atoms with E-state index in [1.165, 1.54) is 5.56 Å². The SMILES string of the molecule is Cc1ccccc1-c1ccccc1C1(O)CCN(C(=O)OC(C)(C)C)CC1. The van der Waals surface area contributed by atoms with E-state index >= 15 is 0 Å². The van der Waals surface area contributed by atoms with Crippen LogP contribution in [0.25, 0.3) is 11.1 Å². The average Bonchev–Trinajstić information content (AvgIpc) is 2.61. The molecule has 2 aromatic rings. The van der Waals surface area contributed by atoms with Gasteiger partial charge >= 0.3 is 6.09 Å². The van der Waals surface area contributed by atoms with Gasteiger partial charge in [0.15, 0.2) is 0 Å². The Labute approximate surface area is 161 Å². The van der Waals surface area contributed by atoms with E-state index < -0.39 is 11.2 Å². The number of carbonyl (C=O) groups excluding carboxylic acids is 1. The van der Waals surface area contributed by atoms with Crippen molar-refractivity contribution in [3.63, 3.8) is 0 Å². The molecular weight excluding hydrogens is 338 g/mol. The van der Waals surface area contributed by atoms with E-state index in [1.807, 2.05) is 51.1 Å². The van der Waals surface area contributed by atoms with Gasteiger partial charge in [-0.2, -0.15) is 0 Å². The molecule has 4 nitrogen and oxygen atoms in total. The number of benzene rings is 2. The molecule has 3 rings (SSSR count). The van der Waals surface area contributed by atoms with Gasteiger partial charge < -0.3 is 14.7 Å². The summed E-state index contributed by atoms with van der Waals surface area (Å²) in [5.74, 6) is 0. The number of rotatable bonds is 2. The third-order valence-electron chi connectivity index (χ3n) is 5.11. The summed E-state index contributed by atoms with van der Waals surface area (Å²) in [4.78, 5) is 14.0. The predicted octanol–water partition coefficient (Wildman–Crippen LogP) is 4.88. The van der Waals surface area contributed by atoms with Crippen LogP contribution in [0, 0.1) is 6.92 Å². The van der Waals surface area contributed by atoms with E-state index in [1.54, 1.807) is 4.90 Å². The zero-order chi connectivity index (χ0) is 19.7. The molecule has 0 aromatic heterocycles. The van der Waals surface area contributed by atoms with Crippen LogP contribution >= 0.6 is 0 Å². The molecule has 1 heterocycles. The Bertz CT molecular complexity index is 814. The Morgan fingerprint density at radius 3 is 2.15 bits per heavy atom. The van der Waals surface area contributed by atoms with Crippen molar-refractivity contribution in [1.82, 2.24) is 4.90 Å². The zero-order valence-electron chi connectivity index (χ0n) is 16.7. The van der Waals surface area contributed by atoms with Gasteiger partial charge in [0.1, 0.15) is 5.60 Å². The maximum absolute atomic E-state index is 12.3. The van der Waals surface area contributed by atoms with Crippen molar-refractivity contribution in [3.05, 3.63) is 59.7 Å². The number of hydrogen-bond donors (Lipinski definition) is 1. The van der Waals surface area contributed by atoms with Gasteiger partial charge in [0.2, 0.25) is 0 Å². The monoisotopic (exact) mass is 367 g/mol. The van der Waals surface area contributed by atoms with E-state index in [4.69, 9.17) is 4.74 Å². The number of hydrogen-bond acceptors (Lipinski definition) is 3. The fraction of sp³-hybridized carbons (Fsp3) is 0.435. The molecule has 0 unspecified atom stereocenters. The Morgan fingerprint density at radius 2 is 1.56 bits per heavy atom. The molecule has 1 aliphatic heterocycles. The first kappa shape index (κ1) is 19.4. The first-order chi connectivity index (χ1) is 12.7. The largest absolute Gasteiger partial charge is 0.444 e. The zero-order valence-corrected chi connectivity index (χ0v) is 16.7. The first-order valence-electron chi connectivity index (χ1n) is 9.55. The first-order valence-corrected chi connectivity index (χ1v) is 9.55. The lowest BCUT2D eigenvalue weighted by Gasteiger charge is -2.39. The Morgan fingerprint density at radius 1 is 1.00 bits per heavy atom. The van der Waals surface area contributed by atoms with Crippen molar-refractivity contribution in [2.24, 2.45) is 0 Å². The summed E-state index contributed by atoms with van der Waals surface area (Å²) >= 11 is 0. The number of likely N-dealkylation sites (tertiary alicyclic amines) is 1. The van der Waals surface area contributed by atoms with Crippen LogP contribution in [0.3, 0.4) is 0 Å². The minimum atomic E-state index is -0.947. The van der Waals surface area contributed by atoms with E-state index in [2.05, 4.69) is 25.1 Å². The lowest BCUT2D eigenvalue weighted by Crippen LogP contribution is -2.47. The molecular formula is C23H29NO3. The van der Waals surface area contributed by atoms with Gasteiger partial charge in [-0.25, -0.2) is 4.79 Å². The van der Waals surface area contributed by atoms with Gasteiger partial charge in [0, 0.05) is 13.1 Å². The van der Waals surface area contributed by atoms with Crippen LogP contribution in [0.15, 0.2) is 48.5 Å². The van der Waals surface area contributed by atoms with Gasteiger partial charge in [-0.15, -0.1) is 0 Å². The van der Waals surface area contributed by atoms with Gasteiger partial charge in [0.05, 0.1) is 5.60 Å². The standard InChI is InChI=1S/C23H29NO3/c1-17-9-5-6-10-18(17)19-11-7-8-12-20(19)23(26)13-15-24(16-14-23)21(25)27-22(2,3)4/h5-12,26H,13-16H2,1-4H3. The molecule has 0 atom stereocenters. The highest BCUT2D eigenvalue weighted by molar-refractivity contribution is 5.72. The van der Waals surface area contributed by atoms with E-state index in [9.17, 15) is 9.90 Å². The highest BCUT2D eigenvalue weighted by Crippen LogP contribution is 2.39. The predicted molar refractivity (Wildman–Crippen MR) is 108 cm³/mol. The fourth-order valence-corrected chi connectivity index (χ4v) is 3.65. The molecule has 0 bridgehead atoms. The van der Waals surface area contributed by atoms with E-state index in [0.29, 0.717) is 25.9 Å². The highest BCUT2D eigenvalue weighted by atomic mass is 16.6. The van der Waals surface area contributed by atoms with Crippen molar-refractivity contribution >= 4 is 6.09 Å². The summed E-state index contributed by atoms with van der Waals surface area (Å²) in [6.07, 6.45) is 0.682. The van der Waals surface area contributed by atoms with Crippen molar-refractivity contribution in [3.8, 4) is 11.1 Å². The Kier molecular flexibility index (Phi) is 5.29. The minimum Gasteiger partial charge on any atom is -0.444 e. The molecule has 1 aliphatic rings. The second-order valence-electron chi connectivity index (χ2n) is 8.36. The summed E-state index contributed by atoms with van der Waals surface area (Å²) in [5, 5.41) is 11.4. The second-order valence-corrected chi connectivity index (χ2v) is 8.36. The molecule has 1 saturated heterocycles. The van der Waals surface area contributed by atoms with Gasteiger partial charge in [-0.1, -0.05) is 48.5 Å². The molecule has 1 fully saturated rings. The van der Waals surface area contributed by atoms with Crippen LogP contribution in [0.5, 0.6) is 0 Å². The van der Waals surface area contributed by atoms with Crippen LogP contribution < -0.4 is 0 Å². The van der Waals surface area contributed by atoms with Crippen LogP contribution in [-0.2, 0) is 10.3 Å². The van der Waals surface area contributed by atoms with Crippen LogP contribution in [0.2, 0.25) is 0 Å². The summed E-state index contributed by atoms with van der Waals surface area (Å²) in [7, 11) is 0. The normalized spacial score (nSPS) is 16.9. The average molecular weight is 367 g/mol. The molecule has 0 radical (unpaired) electrons. The number of piperidine rings is 1. The molecule has 0 spiro atoms. The minimum absolute atomic E-state index is 0.309. The number of carbonyl (C=O) groups is 1. The van der Waals surface area contributed by atoms with Crippen molar-refractivity contribution in [1.29, 1.82) is 0 Å². The van der Waals surface area contributed by atoms with Crippen LogP contribution in [-0.4, -0.2) is 34.8 Å². The third kappa shape index (κ3) is 4.33. The summed E-state index contributed by atoms with van der Waals surface area (Å²) < 4.78 is 5.47. The Hall–Kier alpha value is -2.33. The Balaban J connectivity index is 1.83. The number of nitrogens with zero attached hydrogens (tertiary/aromatic N) is 1. The summed E-state index contributed by atoms with van der Waals surface area (Å²) in [6.45, 7) is 8.64.